The fourth-order valence-corrected chi connectivity index (χ4v) is 2.73. The largest absolute Gasteiger partial charge is 0.481 e. The molecule has 1 aromatic heterocycles. The smallest absolute Gasteiger partial charge is 0.396 e. The minimum Gasteiger partial charge on any atom is -0.481 e. The molecule has 21 heavy (non-hydrogen) atoms. The van der Waals surface area contributed by atoms with E-state index in [4.69, 9.17) is 5.11 Å². The van der Waals surface area contributed by atoms with Crippen molar-refractivity contribution in [3.63, 3.8) is 0 Å². The van der Waals surface area contributed by atoms with Gasteiger partial charge >= 0.3 is 11.8 Å². The first-order chi connectivity index (χ1) is 9.99. The molecule has 0 saturated carbocycles. The maximum absolute atomic E-state index is 11.1. The maximum atomic E-state index is 11.1. The number of nitrogens with zero attached hydrogens (tertiary/aromatic N) is 3. The van der Waals surface area contributed by atoms with E-state index in [2.05, 4.69) is 4.98 Å². The Balaban J connectivity index is 2.38. The second-order valence-electron chi connectivity index (χ2n) is 4.30. The molecule has 0 bridgehead atoms. The van der Waals surface area contributed by atoms with Gasteiger partial charge in [0.1, 0.15) is 0 Å². The second-order valence-corrected chi connectivity index (χ2v) is 5.26. The van der Waals surface area contributed by atoms with Gasteiger partial charge in [-0.05, 0) is 15.5 Å². The number of carbonyl (C=O) groups is 1. The minimum absolute atomic E-state index is 0.249. The van der Waals surface area contributed by atoms with Crippen molar-refractivity contribution >= 4 is 23.5 Å². The van der Waals surface area contributed by atoms with Crippen LogP contribution in [0.4, 0.5) is 5.82 Å². The highest BCUT2D eigenvalue weighted by Crippen LogP contribution is 2.30. The Hall–Kier alpha value is -2.35. The van der Waals surface area contributed by atoms with Crippen molar-refractivity contribution in [1.29, 1.82) is 0 Å². The monoisotopic (exact) mass is 307 g/mol. The van der Waals surface area contributed by atoms with Crippen molar-refractivity contribution in [3.05, 3.63) is 51.8 Å². The molecule has 1 N–H and O–H groups in total. The molecule has 0 atom stereocenters. The maximum Gasteiger partial charge on any atom is 0.396 e. The third-order valence-corrected chi connectivity index (χ3v) is 3.85. The highest BCUT2D eigenvalue weighted by Gasteiger charge is 2.26. The zero-order chi connectivity index (χ0) is 15.4. The highest BCUT2D eigenvalue weighted by atomic mass is 32.2. The Morgan fingerprint density at radius 1 is 1.43 bits per heavy atom. The van der Waals surface area contributed by atoms with Crippen LogP contribution < -0.4 is 0 Å². The molecule has 1 heterocycles. The number of hydrogen-bond acceptors (Lipinski definition) is 5. The normalized spacial score (nSPS) is 10.5. The molecule has 0 unspecified atom stereocenters. The zero-order valence-electron chi connectivity index (χ0n) is 11.2. The lowest BCUT2D eigenvalue weighted by Crippen LogP contribution is -2.06. The van der Waals surface area contributed by atoms with E-state index in [9.17, 15) is 14.9 Å². The van der Waals surface area contributed by atoms with Gasteiger partial charge in [-0.3, -0.25) is 9.36 Å². The van der Waals surface area contributed by atoms with Gasteiger partial charge in [-0.15, -0.1) is 0 Å². The number of benzene rings is 1. The van der Waals surface area contributed by atoms with E-state index in [1.807, 2.05) is 30.3 Å². The molecule has 1 aromatic carbocycles. The standard InChI is InChI=1S/C13H13N3O4S/c1-9-14-12(16(19)20)13(21-8-11(17)18)15(9)7-10-5-3-2-4-6-10/h2-6H,7-8H2,1H3,(H,17,18). The van der Waals surface area contributed by atoms with Crippen LogP contribution in [0.25, 0.3) is 0 Å². The molecular formula is C13H13N3O4S. The van der Waals surface area contributed by atoms with Crippen LogP contribution in [-0.2, 0) is 11.3 Å². The summed E-state index contributed by atoms with van der Waals surface area (Å²) in [6, 6.07) is 9.43. The van der Waals surface area contributed by atoms with Crippen molar-refractivity contribution in [2.45, 2.75) is 18.5 Å². The summed E-state index contributed by atoms with van der Waals surface area (Å²) in [4.78, 5) is 25.1. The number of aliphatic carboxylic acids is 1. The van der Waals surface area contributed by atoms with Gasteiger partial charge in [0.2, 0.25) is 5.82 Å². The van der Waals surface area contributed by atoms with Gasteiger partial charge in [0, 0.05) is 6.92 Å². The predicted molar refractivity (Wildman–Crippen MR) is 77.5 cm³/mol. The van der Waals surface area contributed by atoms with Crippen molar-refractivity contribution in [2.24, 2.45) is 0 Å². The Bertz CT molecular complexity index is 670. The number of imidazole rings is 1. The van der Waals surface area contributed by atoms with Gasteiger partial charge < -0.3 is 15.2 Å². The summed E-state index contributed by atoms with van der Waals surface area (Å²) in [5.74, 6) is -1.09. The third kappa shape index (κ3) is 3.60. The van der Waals surface area contributed by atoms with E-state index in [1.165, 1.54) is 0 Å². The first-order valence-electron chi connectivity index (χ1n) is 6.09. The summed E-state index contributed by atoms with van der Waals surface area (Å²) >= 11 is 0.909. The SMILES string of the molecule is Cc1nc([N+](=O)[O-])c(SCC(=O)O)n1Cc1ccccc1. The van der Waals surface area contributed by atoms with Gasteiger partial charge in [0.05, 0.1) is 12.3 Å². The molecule has 2 rings (SSSR count). The molecule has 0 saturated heterocycles. The summed E-state index contributed by atoms with van der Waals surface area (Å²) in [7, 11) is 0. The van der Waals surface area contributed by atoms with Gasteiger partial charge in [0.25, 0.3) is 0 Å². The van der Waals surface area contributed by atoms with Crippen LogP contribution in [0.1, 0.15) is 11.4 Å². The van der Waals surface area contributed by atoms with Gasteiger partial charge in [-0.1, -0.05) is 42.1 Å². The van der Waals surface area contributed by atoms with Crippen molar-refractivity contribution in [2.75, 3.05) is 5.75 Å². The van der Waals surface area contributed by atoms with E-state index in [0.717, 1.165) is 17.3 Å². The molecule has 8 heteroatoms. The molecule has 0 spiro atoms. The molecule has 0 fully saturated rings. The average molecular weight is 307 g/mol. The number of rotatable bonds is 6. The summed E-state index contributed by atoms with van der Waals surface area (Å²) in [5, 5.41) is 20.1. The van der Waals surface area contributed by atoms with Gasteiger partial charge in [0.15, 0.2) is 5.03 Å². The summed E-state index contributed by atoms with van der Waals surface area (Å²) in [6.45, 7) is 2.08. The number of aryl methyl sites for hydroxylation is 1. The molecular weight excluding hydrogens is 294 g/mol. The van der Waals surface area contributed by atoms with E-state index >= 15 is 0 Å². The fourth-order valence-electron chi connectivity index (χ4n) is 1.87. The summed E-state index contributed by atoms with van der Waals surface area (Å²) in [6.07, 6.45) is 0. The van der Waals surface area contributed by atoms with Crippen molar-refractivity contribution in [1.82, 2.24) is 9.55 Å². The van der Waals surface area contributed by atoms with Crippen LogP contribution in [-0.4, -0.2) is 31.3 Å². The Morgan fingerprint density at radius 3 is 2.67 bits per heavy atom. The minimum atomic E-state index is -1.03. The third-order valence-electron chi connectivity index (χ3n) is 2.78. The van der Waals surface area contributed by atoms with E-state index in [1.54, 1.807) is 11.5 Å². The number of carboxylic acid groups (broad SMARTS) is 1. The number of nitro groups is 1. The van der Waals surface area contributed by atoms with Crippen LogP contribution >= 0.6 is 11.8 Å². The topological polar surface area (TPSA) is 98.3 Å². The van der Waals surface area contributed by atoms with E-state index in [-0.39, 0.29) is 16.6 Å². The van der Waals surface area contributed by atoms with Gasteiger partial charge in [-0.2, -0.15) is 0 Å². The molecule has 110 valence electrons. The number of hydrogen-bond donors (Lipinski definition) is 1. The fraction of sp³-hybridized carbons (Fsp3) is 0.231. The van der Waals surface area contributed by atoms with Crippen LogP contribution in [0.3, 0.4) is 0 Å². The molecule has 0 radical (unpaired) electrons. The first kappa shape index (κ1) is 15.0. The van der Waals surface area contributed by atoms with Crippen LogP contribution in [0.2, 0.25) is 0 Å². The van der Waals surface area contributed by atoms with Crippen molar-refractivity contribution in [3.8, 4) is 0 Å². The lowest BCUT2D eigenvalue weighted by Gasteiger charge is -2.07. The summed E-state index contributed by atoms with van der Waals surface area (Å²) < 4.78 is 1.67. The second kappa shape index (κ2) is 6.40. The predicted octanol–water partition coefficient (Wildman–Crippen LogP) is 2.32. The van der Waals surface area contributed by atoms with Crippen molar-refractivity contribution < 1.29 is 14.8 Å². The summed E-state index contributed by atoms with van der Waals surface area (Å²) in [5.41, 5.74) is 0.963. The van der Waals surface area contributed by atoms with Gasteiger partial charge in [-0.25, -0.2) is 0 Å². The Morgan fingerprint density at radius 2 is 2.10 bits per heavy atom. The molecule has 0 amide bonds. The molecule has 0 aliphatic carbocycles. The van der Waals surface area contributed by atoms with Crippen LogP contribution in [0.5, 0.6) is 0 Å². The van der Waals surface area contributed by atoms with E-state index < -0.39 is 10.9 Å². The lowest BCUT2D eigenvalue weighted by atomic mass is 10.2. The molecule has 7 nitrogen and oxygen atoms in total. The number of thioether (sulfide) groups is 1. The van der Waals surface area contributed by atoms with Crippen LogP contribution in [0.15, 0.2) is 35.4 Å². The lowest BCUT2D eigenvalue weighted by molar-refractivity contribution is -0.392. The Kier molecular flexibility index (Phi) is 4.59. The molecule has 0 aliphatic heterocycles. The first-order valence-corrected chi connectivity index (χ1v) is 7.07. The highest BCUT2D eigenvalue weighted by molar-refractivity contribution is 8.00. The average Bonchev–Trinajstić information content (AvgIpc) is 2.75. The Labute approximate surface area is 124 Å². The van der Waals surface area contributed by atoms with Crippen LogP contribution in [0, 0.1) is 17.0 Å². The van der Waals surface area contributed by atoms with E-state index in [0.29, 0.717) is 12.4 Å². The number of carboxylic acids is 1. The molecule has 0 aliphatic rings. The molecule has 2 aromatic rings. The quantitative estimate of drug-likeness (QED) is 0.499. The zero-order valence-corrected chi connectivity index (χ0v) is 12.0. The number of aromatic nitrogens is 2.